The van der Waals surface area contributed by atoms with Crippen LogP contribution in [0.5, 0.6) is 0 Å². The quantitative estimate of drug-likeness (QED) is 0.722. The number of rotatable bonds is 8. The van der Waals surface area contributed by atoms with Gasteiger partial charge in [0.25, 0.3) is 5.91 Å². The molecule has 1 aromatic carbocycles. The van der Waals surface area contributed by atoms with E-state index < -0.39 is 0 Å². The van der Waals surface area contributed by atoms with Gasteiger partial charge in [-0.15, -0.1) is 13.2 Å². The van der Waals surface area contributed by atoms with E-state index in [1.54, 1.807) is 35.3 Å². The van der Waals surface area contributed by atoms with Crippen LogP contribution < -0.4 is 10.6 Å². The van der Waals surface area contributed by atoms with Crippen molar-refractivity contribution in [3.8, 4) is 0 Å². The van der Waals surface area contributed by atoms with Gasteiger partial charge in [-0.25, -0.2) is 0 Å². The predicted octanol–water partition coefficient (Wildman–Crippen LogP) is 2.31. The van der Waals surface area contributed by atoms with E-state index in [1.165, 1.54) is 7.05 Å². The van der Waals surface area contributed by atoms with Crippen molar-refractivity contribution in [2.45, 2.75) is 0 Å². The van der Waals surface area contributed by atoms with Gasteiger partial charge < -0.3 is 15.5 Å². The Kier molecular flexibility index (Phi) is 7.19. The zero-order valence-corrected chi connectivity index (χ0v) is 13.3. The lowest BCUT2D eigenvalue weighted by Crippen LogP contribution is -2.35. The molecule has 22 heavy (non-hydrogen) atoms. The molecule has 0 aromatic heterocycles. The van der Waals surface area contributed by atoms with E-state index in [2.05, 4.69) is 23.8 Å². The molecule has 0 spiro atoms. The maximum Gasteiger partial charge on any atom is 0.252 e. The minimum absolute atomic E-state index is 0.0775. The normalized spacial score (nSPS) is 9.73. The van der Waals surface area contributed by atoms with E-state index >= 15 is 0 Å². The molecule has 0 atom stereocenters. The smallest absolute Gasteiger partial charge is 0.252 e. The summed E-state index contributed by atoms with van der Waals surface area (Å²) in [6.07, 6.45) is 3.33. The number of amides is 2. The van der Waals surface area contributed by atoms with Gasteiger partial charge in [-0.05, 0) is 18.2 Å². The Morgan fingerprint density at radius 1 is 1.27 bits per heavy atom. The summed E-state index contributed by atoms with van der Waals surface area (Å²) in [7, 11) is 1.54. The molecule has 0 bridgehead atoms. The van der Waals surface area contributed by atoms with Crippen molar-refractivity contribution in [3.05, 3.63) is 54.1 Å². The number of benzene rings is 1. The first-order chi connectivity index (χ1) is 10.5. The highest BCUT2D eigenvalue weighted by Gasteiger charge is 2.12. The van der Waals surface area contributed by atoms with Gasteiger partial charge in [-0.2, -0.15) is 0 Å². The van der Waals surface area contributed by atoms with Crippen molar-refractivity contribution in [2.75, 3.05) is 32.0 Å². The van der Waals surface area contributed by atoms with Crippen molar-refractivity contribution < 1.29 is 9.59 Å². The molecule has 0 fully saturated rings. The molecule has 0 saturated heterocycles. The van der Waals surface area contributed by atoms with E-state index in [9.17, 15) is 9.59 Å². The first-order valence-electron chi connectivity index (χ1n) is 6.78. The van der Waals surface area contributed by atoms with Gasteiger partial charge in [0.1, 0.15) is 0 Å². The summed E-state index contributed by atoms with van der Waals surface area (Å²) >= 11 is 6.06. The Labute approximate surface area is 135 Å². The number of anilines is 1. The fraction of sp³-hybridized carbons (Fsp3) is 0.250. The third kappa shape index (κ3) is 4.93. The fourth-order valence-electron chi connectivity index (χ4n) is 1.82. The molecular weight excluding hydrogens is 302 g/mol. The largest absolute Gasteiger partial charge is 0.376 e. The lowest BCUT2D eigenvalue weighted by atomic mass is 10.2. The molecule has 0 saturated carbocycles. The highest BCUT2D eigenvalue weighted by molar-refractivity contribution is 6.34. The van der Waals surface area contributed by atoms with Crippen LogP contribution in [0, 0.1) is 0 Å². The molecule has 2 amide bonds. The first-order valence-corrected chi connectivity index (χ1v) is 7.16. The average Bonchev–Trinajstić information content (AvgIpc) is 2.51. The highest BCUT2D eigenvalue weighted by atomic mass is 35.5. The number of hydrogen-bond donors (Lipinski definition) is 2. The molecule has 5 nitrogen and oxygen atoms in total. The number of hydrogen-bond acceptors (Lipinski definition) is 3. The molecule has 2 N–H and O–H groups in total. The molecular formula is C16H20ClN3O2. The maximum absolute atomic E-state index is 12.1. The van der Waals surface area contributed by atoms with Gasteiger partial charge in [0.15, 0.2) is 0 Å². The number of carbonyl (C=O) groups excluding carboxylic acids is 2. The summed E-state index contributed by atoms with van der Waals surface area (Å²) in [6, 6.07) is 4.93. The SMILES string of the molecule is C=CCN(CC=C)C(=O)CNc1ccc(C(=O)NC)c(Cl)c1. The van der Waals surface area contributed by atoms with Gasteiger partial charge in [0.2, 0.25) is 5.91 Å². The molecule has 6 heteroatoms. The number of nitrogens with one attached hydrogen (secondary N) is 2. The lowest BCUT2D eigenvalue weighted by Gasteiger charge is -2.19. The van der Waals surface area contributed by atoms with Crippen LogP contribution >= 0.6 is 11.6 Å². The summed E-state index contributed by atoms with van der Waals surface area (Å²) in [5.41, 5.74) is 1.06. The zero-order valence-electron chi connectivity index (χ0n) is 12.6. The maximum atomic E-state index is 12.1. The molecule has 1 rings (SSSR count). The van der Waals surface area contributed by atoms with Crippen LogP contribution in [0.15, 0.2) is 43.5 Å². The number of carbonyl (C=O) groups is 2. The minimum Gasteiger partial charge on any atom is -0.376 e. The van der Waals surface area contributed by atoms with Crippen LogP contribution in [0.3, 0.4) is 0 Å². The van der Waals surface area contributed by atoms with Crippen molar-refractivity contribution in [2.24, 2.45) is 0 Å². The predicted molar refractivity (Wildman–Crippen MR) is 90.3 cm³/mol. The van der Waals surface area contributed by atoms with Crippen LogP contribution in [0.1, 0.15) is 10.4 Å². The van der Waals surface area contributed by atoms with E-state index in [0.717, 1.165) is 0 Å². The van der Waals surface area contributed by atoms with Crippen molar-refractivity contribution >= 4 is 29.1 Å². The molecule has 1 aromatic rings. The van der Waals surface area contributed by atoms with Crippen molar-refractivity contribution in [1.82, 2.24) is 10.2 Å². The Morgan fingerprint density at radius 3 is 2.41 bits per heavy atom. The van der Waals surface area contributed by atoms with Crippen molar-refractivity contribution in [1.29, 1.82) is 0 Å². The summed E-state index contributed by atoms with van der Waals surface area (Å²) in [5, 5.41) is 5.83. The van der Waals surface area contributed by atoms with E-state index in [1.807, 2.05) is 0 Å². The van der Waals surface area contributed by atoms with Gasteiger partial charge in [-0.3, -0.25) is 9.59 Å². The van der Waals surface area contributed by atoms with Crippen LogP contribution in [-0.2, 0) is 4.79 Å². The Bertz CT molecular complexity index is 563. The summed E-state index contributed by atoms with van der Waals surface area (Å²) in [6.45, 7) is 8.30. The second-order valence-corrected chi connectivity index (χ2v) is 4.91. The third-order valence-electron chi connectivity index (χ3n) is 2.94. The highest BCUT2D eigenvalue weighted by Crippen LogP contribution is 2.20. The molecule has 0 radical (unpaired) electrons. The molecule has 0 aliphatic heterocycles. The monoisotopic (exact) mass is 321 g/mol. The van der Waals surface area contributed by atoms with Crippen LogP contribution in [0.2, 0.25) is 5.02 Å². The van der Waals surface area contributed by atoms with Gasteiger partial charge >= 0.3 is 0 Å². The lowest BCUT2D eigenvalue weighted by molar-refractivity contribution is -0.128. The zero-order chi connectivity index (χ0) is 16.5. The first kappa shape index (κ1) is 17.8. The summed E-state index contributed by atoms with van der Waals surface area (Å²) < 4.78 is 0. The van der Waals surface area contributed by atoms with Crippen molar-refractivity contribution in [3.63, 3.8) is 0 Å². The molecule has 0 aliphatic rings. The summed E-state index contributed by atoms with van der Waals surface area (Å²) in [4.78, 5) is 25.2. The number of nitrogens with zero attached hydrogens (tertiary/aromatic N) is 1. The molecule has 0 aliphatic carbocycles. The number of halogens is 1. The Morgan fingerprint density at radius 2 is 1.91 bits per heavy atom. The van der Waals surface area contributed by atoms with Gasteiger partial charge in [0, 0.05) is 25.8 Å². The van der Waals surface area contributed by atoms with Crippen LogP contribution in [-0.4, -0.2) is 43.4 Å². The second-order valence-electron chi connectivity index (χ2n) is 4.50. The van der Waals surface area contributed by atoms with Crippen LogP contribution in [0.25, 0.3) is 0 Å². The molecule has 0 unspecified atom stereocenters. The van der Waals surface area contributed by atoms with E-state index in [4.69, 9.17) is 11.6 Å². The molecule has 118 valence electrons. The van der Waals surface area contributed by atoms with E-state index in [-0.39, 0.29) is 18.4 Å². The fourth-order valence-corrected chi connectivity index (χ4v) is 2.09. The summed E-state index contributed by atoms with van der Waals surface area (Å²) in [5.74, 6) is -0.331. The second kappa shape index (κ2) is 8.89. The standard InChI is InChI=1S/C16H20ClN3O2/c1-4-8-20(9-5-2)15(21)11-19-12-6-7-13(14(17)10-12)16(22)18-3/h4-7,10,19H,1-2,8-9,11H2,3H3,(H,18,22). The molecule has 0 heterocycles. The topological polar surface area (TPSA) is 61.4 Å². The average molecular weight is 322 g/mol. The van der Waals surface area contributed by atoms with Gasteiger partial charge in [-0.1, -0.05) is 23.8 Å². The third-order valence-corrected chi connectivity index (χ3v) is 3.25. The van der Waals surface area contributed by atoms with Crippen LogP contribution in [0.4, 0.5) is 5.69 Å². The van der Waals surface area contributed by atoms with Gasteiger partial charge in [0.05, 0.1) is 17.1 Å². The Balaban J connectivity index is 2.69. The minimum atomic E-state index is -0.254. The van der Waals surface area contributed by atoms with E-state index in [0.29, 0.717) is 29.4 Å². The Hall–Kier alpha value is -2.27.